The number of carboxylic acid groups (broad SMARTS) is 1. The first kappa shape index (κ1) is 17.1. The van der Waals surface area contributed by atoms with Crippen LogP contribution in [0.15, 0.2) is 43.0 Å². The van der Waals surface area contributed by atoms with Crippen molar-refractivity contribution in [2.24, 2.45) is 0 Å². The van der Waals surface area contributed by atoms with Crippen LogP contribution in [0, 0.1) is 0 Å². The third-order valence-corrected chi connectivity index (χ3v) is 3.78. The van der Waals surface area contributed by atoms with Crippen molar-refractivity contribution in [3.63, 3.8) is 0 Å². The van der Waals surface area contributed by atoms with Gasteiger partial charge in [-0.2, -0.15) is 0 Å². The maximum absolute atomic E-state index is 11.1. The van der Waals surface area contributed by atoms with Crippen molar-refractivity contribution >= 4 is 5.97 Å². The fourth-order valence-corrected chi connectivity index (χ4v) is 2.52. The van der Waals surface area contributed by atoms with Gasteiger partial charge in [0.1, 0.15) is 5.75 Å². The Balaban J connectivity index is 1.97. The highest BCUT2D eigenvalue weighted by atomic mass is 16.5. The third-order valence-electron chi connectivity index (χ3n) is 3.78. The molecule has 1 aromatic carbocycles. The molecule has 0 bridgehead atoms. The molecule has 2 rings (SSSR count). The second-order valence-corrected chi connectivity index (χ2v) is 5.60. The monoisotopic (exact) mass is 316 g/mol. The van der Waals surface area contributed by atoms with E-state index in [9.17, 15) is 4.79 Å². The molecule has 0 amide bonds. The van der Waals surface area contributed by atoms with Gasteiger partial charge in [0, 0.05) is 12.4 Å². The zero-order valence-electron chi connectivity index (χ0n) is 13.5. The van der Waals surface area contributed by atoms with Crippen LogP contribution in [0.1, 0.15) is 50.6 Å². The summed E-state index contributed by atoms with van der Waals surface area (Å²) in [6.07, 6.45) is 9.81. The molecule has 0 fully saturated rings. The highest BCUT2D eigenvalue weighted by Crippen LogP contribution is 2.24. The Morgan fingerprint density at radius 2 is 2.04 bits per heavy atom. The summed E-state index contributed by atoms with van der Waals surface area (Å²) in [6.45, 7) is 2.91. The summed E-state index contributed by atoms with van der Waals surface area (Å²) in [5, 5.41) is 9.13. The molecule has 1 unspecified atom stereocenters. The van der Waals surface area contributed by atoms with Gasteiger partial charge < -0.3 is 14.4 Å². The minimum absolute atomic E-state index is 0.0214. The number of carboxylic acids is 1. The smallest absolute Gasteiger partial charge is 0.305 e. The zero-order chi connectivity index (χ0) is 16.5. The van der Waals surface area contributed by atoms with E-state index in [0.29, 0.717) is 0 Å². The fourth-order valence-electron chi connectivity index (χ4n) is 2.52. The van der Waals surface area contributed by atoms with Gasteiger partial charge in [-0.25, -0.2) is 4.98 Å². The van der Waals surface area contributed by atoms with Crippen LogP contribution in [-0.4, -0.2) is 27.2 Å². The molecule has 0 saturated heterocycles. The van der Waals surface area contributed by atoms with Crippen LogP contribution >= 0.6 is 0 Å². The Morgan fingerprint density at radius 3 is 2.65 bits per heavy atom. The van der Waals surface area contributed by atoms with Gasteiger partial charge in [0.25, 0.3) is 0 Å². The van der Waals surface area contributed by atoms with Gasteiger partial charge in [-0.05, 0) is 24.1 Å². The van der Waals surface area contributed by atoms with Crippen molar-refractivity contribution in [3.05, 3.63) is 48.5 Å². The van der Waals surface area contributed by atoms with Gasteiger partial charge in [0.2, 0.25) is 0 Å². The number of carbonyl (C=O) groups is 1. The van der Waals surface area contributed by atoms with Gasteiger partial charge in [-0.1, -0.05) is 38.3 Å². The highest BCUT2D eigenvalue weighted by Gasteiger charge is 2.17. The number of hydrogen-bond donors (Lipinski definition) is 1. The molecule has 0 aliphatic rings. The molecule has 0 aliphatic carbocycles. The lowest BCUT2D eigenvalue weighted by atomic mass is 10.0. The molecule has 5 heteroatoms. The topological polar surface area (TPSA) is 64.3 Å². The van der Waals surface area contributed by atoms with Gasteiger partial charge in [0.15, 0.2) is 0 Å². The minimum Gasteiger partial charge on any atom is -0.494 e. The standard InChI is InChI=1S/C18H24N2O3/c1-2-3-4-5-12-23-16-8-6-15(7-9-16)17(13-18(21)22)20-11-10-19-14-20/h6-11,14,17H,2-5,12-13H2,1H3,(H,21,22). The lowest BCUT2D eigenvalue weighted by molar-refractivity contribution is -0.137. The van der Waals surface area contributed by atoms with Gasteiger partial charge in [-0.3, -0.25) is 4.79 Å². The van der Waals surface area contributed by atoms with E-state index in [1.807, 2.05) is 28.8 Å². The number of aliphatic carboxylic acids is 1. The van der Waals surface area contributed by atoms with Crippen LogP contribution in [0.5, 0.6) is 5.75 Å². The van der Waals surface area contributed by atoms with Crippen LogP contribution in [0.4, 0.5) is 0 Å². The van der Waals surface area contributed by atoms with Crippen molar-refractivity contribution in [3.8, 4) is 5.75 Å². The van der Waals surface area contributed by atoms with Crippen LogP contribution in [0.2, 0.25) is 0 Å². The number of aromatic nitrogens is 2. The van der Waals surface area contributed by atoms with E-state index < -0.39 is 5.97 Å². The minimum atomic E-state index is -0.833. The van der Waals surface area contributed by atoms with E-state index in [1.165, 1.54) is 19.3 Å². The van der Waals surface area contributed by atoms with Gasteiger partial charge in [-0.15, -0.1) is 0 Å². The summed E-state index contributed by atoms with van der Waals surface area (Å²) in [4.78, 5) is 15.1. The Kier molecular flexibility index (Phi) is 6.66. The molecule has 1 atom stereocenters. The van der Waals surface area contributed by atoms with E-state index in [-0.39, 0.29) is 12.5 Å². The number of hydrogen-bond acceptors (Lipinski definition) is 3. The predicted molar refractivity (Wildman–Crippen MR) is 88.7 cm³/mol. The van der Waals surface area contributed by atoms with Crippen LogP contribution in [0.25, 0.3) is 0 Å². The van der Waals surface area contributed by atoms with Gasteiger partial charge >= 0.3 is 5.97 Å². The average molecular weight is 316 g/mol. The number of rotatable bonds is 10. The Bertz CT molecular complexity index is 579. The lowest BCUT2D eigenvalue weighted by Gasteiger charge is -2.17. The summed E-state index contributed by atoms with van der Waals surface area (Å²) in [7, 11) is 0. The number of nitrogens with zero attached hydrogens (tertiary/aromatic N) is 2. The summed E-state index contributed by atoms with van der Waals surface area (Å²) < 4.78 is 7.54. The molecule has 23 heavy (non-hydrogen) atoms. The second-order valence-electron chi connectivity index (χ2n) is 5.60. The highest BCUT2D eigenvalue weighted by molar-refractivity contribution is 5.68. The second kappa shape index (κ2) is 8.98. The molecule has 1 N–H and O–H groups in total. The molecular formula is C18H24N2O3. The summed E-state index contributed by atoms with van der Waals surface area (Å²) in [6, 6.07) is 7.40. The van der Waals surface area contributed by atoms with Crippen molar-refractivity contribution in [1.29, 1.82) is 0 Å². The van der Waals surface area contributed by atoms with Crippen molar-refractivity contribution < 1.29 is 14.6 Å². The van der Waals surface area contributed by atoms with E-state index in [1.54, 1.807) is 18.7 Å². The average Bonchev–Trinajstić information content (AvgIpc) is 3.07. The molecule has 2 aromatic rings. The van der Waals surface area contributed by atoms with Crippen molar-refractivity contribution in [2.75, 3.05) is 6.61 Å². The lowest BCUT2D eigenvalue weighted by Crippen LogP contribution is -2.13. The van der Waals surface area contributed by atoms with Crippen molar-refractivity contribution in [1.82, 2.24) is 9.55 Å². The molecule has 1 heterocycles. The van der Waals surface area contributed by atoms with Crippen LogP contribution in [-0.2, 0) is 4.79 Å². The zero-order valence-corrected chi connectivity index (χ0v) is 13.5. The molecule has 0 radical (unpaired) electrons. The predicted octanol–water partition coefficient (Wildman–Crippen LogP) is 3.91. The number of ether oxygens (including phenoxy) is 1. The van der Waals surface area contributed by atoms with E-state index in [2.05, 4.69) is 11.9 Å². The van der Waals surface area contributed by atoms with Gasteiger partial charge in [0.05, 0.1) is 25.4 Å². The fraction of sp³-hybridized carbons (Fsp3) is 0.444. The van der Waals surface area contributed by atoms with E-state index in [0.717, 1.165) is 24.3 Å². The maximum atomic E-state index is 11.1. The molecule has 0 aliphatic heterocycles. The Hall–Kier alpha value is -2.30. The maximum Gasteiger partial charge on any atom is 0.305 e. The number of benzene rings is 1. The summed E-state index contributed by atoms with van der Waals surface area (Å²) >= 11 is 0. The molecule has 1 aromatic heterocycles. The van der Waals surface area contributed by atoms with Crippen molar-refractivity contribution in [2.45, 2.75) is 45.1 Å². The normalized spacial score (nSPS) is 12.0. The first-order valence-corrected chi connectivity index (χ1v) is 8.12. The quantitative estimate of drug-likeness (QED) is 0.675. The molecule has 124 valence electrons. The first-order valence-electron chi connectivity index (χ1n) is 8.12. The molecular weight excluding hydrogens is 292 g/mol. The molecule has 5 nitrogen and oxygen atoms in total. The number of unbranched alkanes of at least 4 members (excludes halogenated alkanes) is 3. The van der Waals surface area contributed by atoms with Crippen LogP contribution < -0.4 is 4.74 Å². The number of imidazole rings is 1. The largest absolute Gasteiger partial charge is 0.494 e. The Morgan fingerprint density at radius 1 is 1.26 bits per heavy atom. The van der Waals surface area contributed by atoms with E-state index in [4.69, 9.17) is 9.84 Å². The summed E-state index contributed by atoms with van der Waals surface area (Å²) in [5.41, 5.74) is 0.934. The first-order chi connectivity index (χ1) is 11.2. The Labute approximate surface area is 136 Å². The SMILES string of the molecule is CCCCCCOc1ccc(C(CC(=O)O)n2ccnc2)cc1. The molecule has 0 saturated carbocycles. The van der Waals surface area contributed by atoms with E-state index >= 15 is 0 Å². The third kappa shape index (κ3) is 5.43. The summed E-state index contributed by atoms with van der Waals surface area (Å²) in [5.74, 6) is -0.00935. The molecule has 0 spiro atoms. The van der Waals surface area contributed by atoms with Crippen LogP contribution in [0.3, 0.4) is 0 Å².